The third-order valence-corrected chi connectivity index (χ3v) is 3.73. The fraction of sp³-hybridized carbons (Fsp3) is 0.579. The van der Waals surface area contributed by atoms with E-state index in [0.29, 0.717) is 6.42 Å². The first kappa shape index (κ1) is 20.8. The van der Waals surface area contributed by atoms with Gasteiger partial charge in [0.15, 0.2) is 0 Å². The number of unbranched alkanes of at least 4 members (excludes halogenated alkanes) is 4. The Bertz CT molecular complexity index is 370. The van der Waals surface area contributed by atoms with Crippen LogP contribution in [0.15, 0.2) is 36.5 Å². The van der Waals surface area contributed by atoms with Gasteiger partial charge < -0.3 is 5.11 Å². The van der Waals surface area contributed by atoms with Crippen LogP contribution in [0.2, 0.25) is 0 Å². The van der Waals surface area contributed by atoms with Gasteiger partial charge in [0.05, 0.1) is 5.92 Å². The molecule has 1 unspecified atom stereocenters. The fourth-order valence-electron chi connectivity index (χ4n) is 2.06. The van der Waals surface area contributed by atoms with Gasteiger partial charge in [-0.15, -0.1) is 0 Å². The summed E-state index contributed by atoms with van der Waals surface area (Å²) in [5.74, 6) is -1.25. The van der Waals surface area contributed by atoms with E-state index < -0.39 is 11.9 Å². The van der Waals surface area contributed by atoms with Crippen LogP contribution in [-0.4, -0.2) is 16.4 Å². The summed E-state index contributed by atoms with van der Waals surface area (Å²) in [7, 11) is 0. The largest absolute Gasteiger partial charge is 0.481 e. The van der Waals surface area contributed by atoms with Gasteiger partial charge in [-0.1, -0.05) is 74.9 Å². The molecule has 1 atom stereocenters. The Kier molecular flexibility index (Phi) is 15.3. The molecule has 0 radical (unpaired) electrons. The van der Waals surface area contributed by atoms with Crippen molar-refractivity contribution >= 4 is 23.6 Å². The molecule has 0 fully saturated rings. The van der Waals surface area contributed by atoms with E-state index in [4.69, 9.17) is 17.3 Å². The zero-order chi connectivity index (χ0) is 16.5. The van der Waals surface area contributed by atoms with E-state index >= 15 is 0 Å². The molecule has 22 heavy (non-hydrogen) atoms. The van der Waals surface area contributed by atoms with Crippen molar-refractivity contribution in [3.8, 4) is 0 Å². The Balaban J connectivity index is 3.42. The molecule has 0 spiro atoms. The van der Waals surface area contributed by atoms with Gasteiger partial charge in [0.1, 0.15) is 0 Å². The number of allylic oxidation sites excluding steroid dienone is 6. The molecule has 0 aliphatic heterocycles. The van der Waals surface area contributed by atoms with E-state index in [-0.39, 0.29) is 0 Å². The molecule has 0 bridgehead atoms. The number of carbonyl (C=O) groups is 1. The summed E-state index contributed by atoms with van der Waals surface area (Å²) in [6.45, 7) is 2.14. The number of aliphatic carboxylic acids is 1. The van der Waals surface area contributed by atoms with E-state index in [1.807, 2.05) is 0 Å². The molecule has 0 aliphatic rings. The first-order valence-electron chi connectivity index (χ1n) is 8.35. The topological polar surface area (TPSA) is 37.3 Å². The molecule has 0 saturated carbocycles. The van der Waals surface area contributed by atoms with Crippen LogP contribution in [-0.2, 0) is 4.79 Å². The number of carboxylic acid groups (broad SMARTS) is 1. The number of hydrogen-bond donors (Lipinski definition) is 1. The Morgan fingerprint density at radius 3 is 2.14 bits per heavy atom. The highest BCUT2D eigenvalue weighted by Crippen LogP contribution is 2.11. The lowest BCUT2D eigenvalue weighted by Gasteiger charge is -2.05. The minimum absolute atomic E-state index is 0.450. The summed E-state index contributed by atoms with van der Waals surface area (Å²) in [6.07, 6.45) is 22.5. The molecule has 0 aromatic heterocycles. The Labute approximate surface area is 141 Å². The van der Waals surface area contributed by atoms with Crippen LogP contribution in [0.5, 0.6) is 0 Å². The van der Waals surface area contributed by atoms with Crippen LogP contribution >= 0.6 is 12.2 Å². The van der Waals surface area contributed by atoms with Crippen LogP contribution in [0.3, 0.4) is 0 Å². The lowest BCUT2D eigenvalue weighted by molar-refractivity contribution is -0.139. The van der Waals surface area contributed by atoms with Gasteiger partial charge in [-0.2, -0.15) is 0 Å². The second-order valence-corrected chi connectivity index (χ2v) is 5.64. The minimum Gasteiger partial charge on any atom is -0.481 e. The number of rotatable bonds is 14. The Hall–Kier alpha value is -1.22. The van der Waals surface area contributed by atoms with Gasteiger partial charge in [0.25, 0.3) is 0 Å². The number of thiocarbonyl (C=S) groups is 1. The molecule has 3 heteroatoms. The zero-order valence-corrected chi connectivity index (χ0v) is 14.6. The molecule has 0 rings (SSSR count). The maximum atomic E-state index is 10.8. The van der Waals surface area contributed by atoms with Crippen LogP contribution in [0.1, 0.15) is 64.7 Å². The molecule has 0 aromatic carbocycles. The van der Waals surface area contributed by atoms with Crippen molar-refractivity contribution in [1.82, 2.24) is 0 Å². The third kappa shape index (κ3) is 13.7. The molecule has 1 N–H and O–H groups in total. The molecule has 0 heterocycles. The smallest absolute Gasteiger partial charge is 0.311 e. The summed E-state index contributed by atoms with van der Waals surface area (Å²) >= 11 is 4.73. The van der Waals surface area contributed by atoms with Gasteiger partial charge in [-0.05, 0) is 43.9 Å². The second kappa shape index (κ2) is 16.2. The molecule has 0 aromatic rings. The van der Waals surface area contributed by atoms with E-state index in [2.05, 4.69) is 43.4 Å². The van der Waals surface area contributed by atoms with Gasteiger partial charge in [-0.3, -0.25) is 4.79 Å². The lowest BCUT2D eigenvalue weighted by atomic mass is 10.0. The maximum Gasteiger partial charge on any atom is 0.311 e. The standard InChI is InChI=1S/C19H30O2S/c1-2-3-4-5-6-7-8-9-10-11-12-13-14-15-16-18(17-22)19(20)21/h3-4,6-7,9-10,17-18H,2,5,8,11-16H2,1H3,(H,20,21)/b4-3-,7-6-,10-9-. The van der Waals surface area contributed by atoms with Gasteiger partial charge in [0.2, 0.25) is 0 Å². The van der Waals surface area contributed by atoms with Gasteiger partial charge in [-0.25, -0.2) is 0 Å². The normalized spacial score (nSPS) is 13.3. The lowest BCUT2D eigenvalue weighted by Crippen LogP contribution is -2.13. The Morgan fingerprint density at radius 2 is 1.55 bits per heavy atom. The van der Waals surface area contributed by atoms with E-state index in [1.165, 1.54) is 11.8 Å². The first-order chi connectivity index (χ1) is 10.7. The SMILES string of the molecule is CC/C=C\C/C=C\C/C=C\CCCCCCC(C=S)C(=O)O. The summed E-state index contributed by atoms with van der Waals surface area (Å²) in [4.78, 5) is 10.8. The molecule has 0 saturated heterocycles. The number of carboxylic acids is 1. The molecule has 124 valence electrons. The summed E-state index contributed by atoms with van der Waals surface area (Å²) in [6, 6.07) is 0. The first-order valence-corrected chi connectivity index (χ1v) is 8.82. The second-order valence-electron chi connectivity index (χ2n) is 5.37. The predicted octanol–water partition coefficient (Wildman–Crippen LogP) is 5.89. The van der Waals surface area contributed by atoms with Crippen LogP contribution in [0.25, 0.3) is 0 Å². The molecule has 0 aliphatic carbocycles. The minimum atomic E-state index is -0.795. The van der Waals surface area contributed by atoms with Crippen LogP contribution in [0.4, 0.5) is 0 Å². The quantitative estimate of drug-likeness (QED) is 0.246. The van der Waals surface area contributed by atoms with Crippen molar-refractivity contribution in [3.05, 3.63) is 36.5 Å². The van der Waals surface area contributed by atoms with Crippen molar-refractivity contribution in [3.63, 3.8) is 0 Å². The fourth-order valence-corrected chi connectivity index (χ4v) is 2.31. The third-order valence-electron chi connectivity index (χ3n) is 3.40. The molecule has 0 amide bonds. The predicted molar refractivity (Wildman–Crippen MR) is 99.4 cm³/mol. The van der Waals surface area contributed by atoms with Crippen LogP contribution < -0.4 is 0 Å². The molecular formula is C19H30O2S. The van der Waals surface area contributed by atoms with E-state index in [1.54, 1.807) is 0 Å². The van der Waals surface area contributed by atoms with E-state index in [9.17, 15) is 4.79 Å². The average molecular weight is 323 g/mol. The van der Waals surface area contributed by atoms with Crippen molar-refractivity contribution in [2.75, 3.05) is 0 Å². The monoisotopic (exact) mass is 322 g/mol. The number of hydrogen-bond acceptors (Lipinski definition) is 2. The van der Waals surface area contributed by atoms with Crippen LogP contribution in [0, 0.1) is 5.92 Å². The van der Waals surface area contributed by atoms with Gasteiger partial charge in [0, 0.05) is 0 Å². The molecule has 2 nitrogen and oxygen atoms in total. The van der Waals surface area contributed by atoms with Crippen molar-refractivity contribution in [1.29, 1.82) is 0 Å². The van der Waals surface area contributed by atoms with E-state index in [0.717, 1.165) is 44.9 Å². The summed E-state index contributed by atoms with van der Waals surface area (Å²) in [5, 5.41) is 10.2. The molecular weight excluding hydrogens is 292 g/mol. The average Bonchev–Trinajstić information content (AvgIpc) is 2.51. The van der Waals surface area contributed by atoms with Crippen molar-refractivity contribution in [2.24, 2.45) is 5.92 Å². The van der Waals surface area contributed by atoms with Crippen molar-refractivity contribution < 1.29 is 9.90 Å². The zero-order valence-electron chi connectivity index (χ0n) is 13.7. The van der Waals surface area contributed by atoms with Crippen molar-refractivity contribution in [2.45, 2.75) is 64.7 Å². The highest BCUT2D eigenvalue weighted by molar-refractivity contribution is 7.79. The van der Waals surface area contributed by atoms with Gasteiger partial charge >= 0.3 is 5.97 Å². The summed E-state index contributed by atoms with van der Waals surface area (Å²) < 4.78 is 0. The summed E-state index contributed by atoms with van der Waals surface area (Å²) in [5.41, 5.74) is 0. The maximum absolute atomic E-state index is 10.8. The Morgan fingerprint density at radius 1 is 0.955 bits per heavy atom. The highest BCUT2D eigenvalue weighted by atomic mass is 32.1. The highest BCUT2D eigenvalue weighted by Gasteiger charge is 2.12.